The van der Waals surface area contributed by atoms with Crippen molar-refractivity contribution in [2.45, 2.75) is 39.7 Å². The standard InChI is InChI=1S/C16H19ClN2OS/c1-5-16(3,4)19-14(20)13-10(2)18-15(21-13)11-8-6-7-9-12(11)17/h6-9H,5H2,1-4H3,(H,19,20). The molecule has 0 saturated carbocycles. The predicted molar refractivity (Wildman–Crippen MR) is 89.1 cm³/mol. The Balaban J connectivity index is 2.32. The van der Waals surface area contributed by atoms with Crippen molar-refractivity contribution < 1.29 is 4.79 Å². The number of hydrogen-bond donors (Lipinski definition) is 1. The third-order valence-electron chi connectivity index (χ3n) is 3.44. The van der Waals surface area contributed by atoms with Gasteiger partial charge in [-0.15, -0.1) is 11.3 Å². The normalized spacial score (nSPS) is 11.5. The Morgan fingerprint density at radius 3 is 2.67 bits per heavy atom. The predicted octanol–water partition coefficient (Wildman–Crippen LogP) is 4.69. The van der Waals surface area contributed by atoms with Crippen molar-refractivity contribution in [1.29, 1.82) is 0 Å². The van der Waals surface area contributed by atoms with Gasteiger partial charge in [-0.1, -0.05) is 36.7 Å². The minimum atomic E-state index is -0.224. The molecule has 1 N–H and O–H groups in total. The molecule has 1 heterocycles. The molecule has 2 rings (SSSR count). The van der Waals surface area contributed by atoms with E-state index in [0.717, 1.165) is 22.7 Å². The molecule has 0 aliphatic carbocycles. The molecular formula is C16H19ClN2OS. The van der Waals surface area contributed by atoms with Crippen LogP contribution in [0.3, 0.4) is 0 Å². The first-order valence-corrected chi connectivity index (χ1v) is 8.08. The van der Waals surface area contributed by atoms with Crippen LogP contribution in [-0.2, 0) is 0 Å². The molecule has 2 aromatic rings. The van der Waals surface area contributed by atoms with Gasteiger partial charge in [-0.25, -0.2) is 4.98 Å². The number of benzene rings is 1. The number of carbonyl (C=O) groups excluding carboxylic acids is 1. The number of nitrogens with one attached hydrogen (secondary N) is 1. The summed E-state index contributed by atoms with van der Waals surface area (Å²) in [5, 5.41) is 4.46. The first-order chi connectivity index (χ1) is 9.84. The second-order valence-electron chi connectivity index (χ2n) is 5.60. The maximum Gasteiger partial charge on any atom is 0.263 e. The second kappa shape index (κ2) is 6.16. The van der Waals surface area contributed by atoms with Crippen LogP contribution >= 0.6 is 22.9 Å². The lowest BCUT2D eigenvalue weighted by molar-refractivity contribution is 0.0914. The number of aromatic nitrogens is 1. The monoisotopic (exact) mass is 322 g/mol. The first kappa shape index (κ1) is 16.0. The van der Waals surface area contributed by atoms with E-state index in [0.29, 0.717) is 9.90 Å². The van der Waals surface area contributed by atoms with Crippen molar-refractivity contribution in [3.8, 4) is 10.6 Å². The van der Waals surface area contributed by atoms with Crippen LogP contribution in [0.15, 0.2) is 24.3 Å². The zero-order valence-corrected chi connectivity index (χ0v) is 14.2. The Bertz CT molecular complexity index is 664. The molecule has 3 nitrogen and oxygen atoms in total. The number of thiazole rings is 1. The van der Waals surface area contributed by atoms with E-state index in [-0.39, 0.29) is 11.4 Å². The first-order valence-electron chi connectivity index (χ1n) is 6.89. The summed E-state index contributed by atoms with van der Waals surface area (Å²) in [6.45, 7) is 7.92. The number of aryl methyl sites for hydroxylation is 1. The molecule has 1 aromatic heterocycles. The average molecular weight is 323 g/mol. The van der Waals surface area contributed by atoms with Crippen molar-refractivity contribution in [2.24, 2.45) is 0 Å². The van der Waals surface area contributed by atoms with E-state index in [2.05, 4.69) is 17.2 Å². The molecule has 0 bridgehead atoms. The fourth-order valence-corrected chi connectivity index (χ4v) is 3.09. The van der Waals surface area contributed by atoms with E-state index < -0.39 is 0 Å². The van der Waals surface area contributed by atoms with Gasteiger partial charge in [-0.2, -0.15) is 0 Å². The van der Waals surface area contributed by atoms with Crippen LogP contribution in [0.25, 0.3) is 10.6 Å². The van der Waals surface area contributed by atoms with Gasteiger partial charge < -0.3 is 5.32 Å². The average Bonchev–Trinajstić information content (AvgIpc) is 2.81. The van der Waals surface area contributed by atoms with Crippen LogP contribution in [0.4, 0.5) is 0 Å². The lowest BCUT2D eigenvalue weighted by atomic mass is 10.0. The van der Waals surface area contributed by atoms with Gasteiger partial charge in [0.15, 0.2) is 0 Å². The molecule has 5 heteroatoms. The van der Waals surface area contributed by atoms with Gasteiger partial charge >= 0.3 is 0 Å². The lowest BCUT2D eigenvalue weighted by Crippen LogP contribution is -2.42. The molecular weight excluding hydrogens is 304 g/mol. The zero-order chi connectivity index (χ0) is 15.6. The number of hydrogen-bond acceptors (Lipinski definition) is 3. The van der Waals surface area contributed by atoms with Crippen LogP contribution in [0.2, 0.25) is 5.02 Å². The van der Waals surface area contributed by atoms with Crippen LogP contribution in [0.1, 0.15) is 42.6 Å². The van der Waals surface area contributed by atoms with Gasteiger partial charge in [0.1, 0.15) is 9.88 Å². The highest BCUT2D eigenvalue weighted by molar-refractivity contribution is 7.17. The van der Waals surface area contributed by atoms with Crippen LogP contribution in [0.5, 0.6) is 0 Å². The summed E-state index contributed by atoms with van der Waals surface area (Å²) in [6, 6.07) is 7.54. The minimum Gasteiger partial charge on any atom is -0.346 e. The van der Waals surface area contributed by atoms with E-state index in [1.807, 2.05) is 45.0 Å². The van der Waals surface area contributed by atoms with Gasteiger partial charge in [0.2, 0.25) is 0 Å². The van der Waals surface area contributed by atoms with Gasteiger partial charge in [-0.05, 0) is 33.3 Å². The minimum absolute atomic E-state index is 0.0739. The number of rotatable bonds is 4. The molecule has 0 radical (unpaired) electrons. The molecule has 0 aliphatic rings. The Labute approximate surface area is 134 Å². The summed E-state index contributed by atoms with van der Waals surface area (Å²) in [7, 11) is 0. The summed E-state index contributed by atoms with van der Waals surface area (Å²) in [5.74, 6) is -0.0739. The molecule has 0 saturated heterocycles. The number of halogens is 1. The van der Waals surface area contributed by atoms with Crippen molar-refractivity contribution in [3.05, 3.63) is 39.9 Å². The third-order valence-corrected chi connectivity index (χ3v) is 4.96. The summed E-state index contributed by atoms with van der Waals surface area (Å²) in [4.78, 5) is 17.5. The van der Waals surface area contributed by atoms with E-state index in [9.17, 15) is 4.79 Å². The molecule has 1 amide bonds. The van der Waals surface area contributed by atoms with Crippen LogP contribution < -0.4 is 5.32 Å². The molecule has 0 aliphatic heterocycles. The van der Waals surface area contributed by atoms with Gasteiger partial charge in [0, 0.05) is 11.1 Å². The highest BCUT2D eigenvalue weighted by Gasteiger charge is 2.23. The molecule has 0 unspecified atom stereocenters. The molecule has 21 heavy (non-hydrogen) atoms. The Hall–Kier alpha value is -1.39. The summed E-state index contributed by atoms with van der Waals surface area (Å²) >= 11 is 7.57. The highest BCUT2D eigenvalue weighted by atomic mass is 35.5. The highest BCUT2D eigenvalue weighted by Crippen LogP contribution is 2.32. The number of nitrogens with zero attached hydrogens (tertiary/aromatic N) is 1. The number of amides is 1. The van der Waals surface area contributed by atoms with Gasteiger partial charge in [0.05, 0.1) is 10.7 Å². The third kappa shape index (κ3) is 3.63. The fraction of sp³-hybridized carbons (Fsp3) is 0.375. The van der Waals surface area contributed by atoms with E-state index in [1.54, 1.807) is 0 Å². The Morgan fingerprint density at radius 1 is 1.38 bits per heavy atom. The van der Waals surface area contributed by atoms with Crippen molar-refractivity contribution >= 4 is 28.8 Å². The summed E-state index contributed by atoms with van der Waals surface area (Å²) < 4.78 is 0. The smallest absolute Gasteiger partial charge is 0.263 e. The van der Waals surface area contributed by atoms with E-state index in [4.69, 9.17) is 11.6 Å². The maximum absolute atomic E-state index is 12.4. The SMILES string of the molecule is CCC(C)(C)NC(=O)c1sc(-c2ccccc2Cl)nc1C. The molecule has 0 spiro atoms. The largest absolute Gasteiger partial charge is 0.346 e. The van der Waals surface area contributed by atoms with Crippen molar-refractivity contribution in [3.63, 3.8) is 0 Å². The molecule has 0 atom stereocenters. The molecule has 112 valence electrons. The van der Waals surface area contributed by atoms with E-state index in [1.165, 1.54) is 11.3 Å². The fourth-order valence-electron chi connectivity index (χ4n) is 1.81. The van der Waals surface area contributed by atoms with Crippen molar-refractivity contribution in [2.75, 3.05) is 0 Å². The topological polar surface area (TPSA) is 42.0 Å². The molecule has 0 fully saturated rings. The Kier molecular flexibility index (Phi) is 4.69. The zero-order valence-electron chi connectivity index (χ0n) is 12.7. The van der Waals surface area contributed by atoms with Crippen LogP contribution in [0, 0.1) is 6.92 Å². The summed E-state index contributed by atoms with van der Waals surface area (Å²) in [5.41, 5.74) is 1.37. The maximum atomic E-state index is 12.4. The lowest BCUT2D eigenvalue weighted by Gasteiger charge is -2.24. The van der Waals surface area contributed by atoms with Crippen molar-refractivity contribution in [1.82, 2.24) is 10.3 Å². The van der Waals surface area contributed by atoms with Gasteiger partial charge in [0.25, 0.3) is 5.91 Å². The number of carbonyl (C=O) groups is 1. The van der Waals surface area contributed by atoms with Gasteiger partial charge in [-0.3, -0.25) is 4.79 Å². The summed E-state index contributed by atoms with van der Waals surface area (Å²) in [6.07, 6.45) is 0.869. The van der Waals surface area contributed by atoms with Crippen LogP contribution in [-0.4, -0.2) is 16.4 Å². The quantitative estimate of drug-likeness (QED) is 0.887. The second-order valence-corrected chi connectivity index (χ2v) is 7.01. The van der Waals surface area contributed by atoms with E-state index >= 15 is 0 Å². The molecule has 1 aromatic carbocycles. The Morgan fingerprint density at radius 2 is 2.05 bits per heavy atom.